The minimum Gasteiger partial charge on any atom is -0.380 e. The molecule has 0 atom stereocenters. The van der Waals surface area contributed by atoms with Crippen LogP contribution in [0.5, 0.6) is 0 Å². The Hall–Kier alpha value is -2.95. The highest BCUT2D eigenvalue weighted by atomic mass is 32.2. The Labute approximate surface area is 195 Å². The molecule has 2 N–H and O–H groups in total. The Kier molecular flexibility index (Phi) is 8.06. The molecule has 0 aliphatic heterocycles. The van der Waals surface area contributed by atoms with Crippen LogP contribution in [0.1, 0.15) is 21.5 Å². The van der Waals surface area contributed by atoms with Gasteiger partial charge in [0, 0.05) is 28.9 Å². The van der Waals surface area contributed by atoms with E-state index >= 15 is 0 Å². The second-order valence-corrected chi connectivity index (χ2v) is 9.79. The van der Waals surface area contributed by atoms with Crippen LogP contribution in [0.25, 0.3) is 0 Å². The first kappa shape index (κ1) is 24.7. The van der Waals surface area contributed by atoms with Crippen molar-refractivity contribution in [1.29, 1.82) is 0 Å². The number of anilines is 2. The van der Waals surface area contributed by atoms with E-state index in [1.165, 1.54) is 30.3 Å². The number of thioether (sulfide) groups is 1. The lowest BCUT2D eigenvalue weighted by Crippen LogP contribution is -2.16. The van der Waals surface area contributed by atoms with Crippen LogP contribution in [0.15, 0.2) is 76.5 Å². The summed E-state index contributed by atoms with van der Waals surface area (Å²) in [6, 6.07) is 17.1. The summed E-state index contributed by atoms with van der Waals surface area (Å²) in [5, 5.41) is 2.70. The molecule has 0 aromatic heterocycles. The number of nitrogens with one attached hydrogen (secondary N) is 2. The average Bonchev–Trinajstić information content (AvgIpc) is 2.76. The molecule has 174 valence electrons. The standard InChI is InChI=1S/C23H22F2N2O4S2/c1-15-3-8-19(26-22(28)17-6-4-16(5-7-17)14-31-2)13-21(15)33(29,30)27-18-9-11-20(12-10-18)32-23(24)25/h3-13,23,27H,14H2,1-2H3,(H,26,28). The van der Waals surface area contributed by atoms with Gasteiger partial charge in [-0.25, -0.2) is 8.42 Å². The number of methoxy groups -OCH3 is 1. The normalized spacial score (nSPS) is 11.4. The summed E-state index contributed by atoms with van der Waals surface area (Å²) >= 11 is 0.376. The molecule has 0 fully saturated rings. The Morgan fingerprint density at radius 2 is 1.64 bits per heavy atom. The smallest absolute Gasteiger partial charge is 0.288 e. The summed E-state index contributed by atoms with van der Waals surface area (Å²) in [5.74, 6) is -2.94. The Bertz CT molecular complexity index is 1220. The summed E-state index contributed by atoms with van der Waals surface area (Å²) in [6.07, 6.45) is 0. The van der Waals surface area contributed by atoms with Gasteiger partial charge in [-0.05, 0) is 66.6 Å². The fourth-order valence-electron chi connectivity index (χ4n) is 3.00. The van der Waals surface area contributed by atoms with E-state index in [0.29, 0.717) is 40.1 Å². The van der Waals surface area contributed by atoms with Gasteiger partial charge >= 0.3 is 0 Å². The molecule has 3 aromatic rings. The fraction of sp³-hybridized carbons (Fsp3) is 0.174. The third kappa shape index (κ3) is 6.77. The van der Waals surface area contributed by atoms with Gasteiger partial charge in [0.2, 0.25) is 0 Å². The van der Waals surface area contributed by atoms with Crippen molar-refractivity contribution in [3.63, 3.8) is 0 Å². The molecule has 3 rings (SSSR count). The van der Waals surface area contributed by atoms with Crippen LogP contribution >= 0.6 is 11.8 Å². The van der Waals surface area contributed by atoms with Gasteiger partial charge in [-0.2, -0.15) is 8.78 Å². The molecule has 0 saturated carbocycles. The van der Waals surface area contributed by atoms with Crippen LogP contribution < -0.4 is 10.0 Å². The van der Waals surface area contributed by atoms with Crippen molar-refractivity contribution in [2.75, 3.05) is 17.1 Å². The summed E-state index contributed by atoms with van der Waals surface area (Å²) < 4.78 is 58.3. The van der Waals surface area contributed by atoms with Crippen molar-refractivity contribution in [1.82, 2.24) is 0 Å². The number of carbonyl (C=O) groups excluding carboxylic acids is 1. The molecule has 33 heavy (non-hydrogen) atoms. The van der Waals surface area contributed by atoms with E-state index in [0.717, 1.165) is 5.56 Å². The van der Waals surface area contributed by atoms with Crippen molar-refractivity contribution in [2.45, 2.75) is 29.1 Å². The minimum atomic E-state index is -3.98. The lowest BCUT2D eigenvalue weighted by Gasteiger charge is -2.13. The number of benzene rings is 3. The van der Waals surface area contributed by atoms with Crippen molar-refractivity contribution >= 4 is 39.1 Å². The molecule has 1 amide bonds. The number of alkyl halides is 2. The quantitative estimate of drug-likeness (QED) is 0.385. The van der Waals surface area contributed by atoms with Crippen molar-refractivity contribution in [3.8, 4) is 0 Å². The van der Waals surface area contributed by atoms with Gasteiger partial charge < -0.3 is 10.1 Å². The molecule has 0 radical (unpaired) electrons. The van der Waals surface area contributed by atoms with E-state index < -0.39 is 15.8 Å². The number of ether oxygens (including phenoxy) is 1. The topological polar surface area (TPSA) is 84.5 Å². The van der Waals surface area contributed by atoms with Gasteiger partial charge in [0.1, 0.15) is 0 Å². The molecule has 0 bridgehead atoms. The van der Waals surface area contributed by atoms with E-state index in [1.54, 1.807) is 50.4 Å². The van der Waals surface area contributed by atoms with Gasteiger partial charge in [0.05, 0.1) is 11.5 Å². The van der Waals surface area contributed by atoms with Crippen LogP contribution in [-0.4, -0.2) is 27.2 Å². The van der Waals surface area contributed by atoms with E-state index in [4.69, 9.17) is 4.74 Å². The predicted molar refractivity (Wildman–Crippen MR) is 125 cm³/mol. The SMILES string of the molecule is COCc1ccc(C(=O)Nc2ccc(C)c(S(=O)(=O)Nc3ccc(SC(F)F)cc3)c2)cc1. The summed E-state index contributed by atoms with van der Waals surface area (Å²) in [5.41, 5.74) is 2.37. The third-order valence-corrected chi connectivity index (χ3v) is 6.84. The molecular weight excluding hydrogens is 470 g/mol. The van der Waals surface area contributed by atoms with Gasteiger partial charge in [-0.1, -0.05) is 30.0 Å². The maximum atomic E-state index is 12.9. The van der Waals surface area contributed by atoms with Crippen LogP contribution in [0.3, 0.4) is 0 Å². The van der Waals surface area contributed by atoms with Crippen molar-refractivity contribution < 1.29 is 26.7 Å². The van der Waals surface area contributed by atoms with Crippen molar-refractivity contribution in [3.05, 3.63) is 83.4 Å². The van der Waals surface area contributed by atoms with Crippen molar-refractivity contribution in [2.24, 2.45) is 0 Å². The molecule has 0 spiro atoms. The zero-order chi connectivity index (χ0) is 24.0. The van der Waals surface area contributed by atoms with Gasteiger partial charge in [0.15, 0.2) is 0 Å². The van der Waals surface area contributed by atoms with Crippen LogP contribution in [0, 0.1) is 6.92 Å². The molecule has 0 saturated heterocycles. The molecule has 6 nitrogen and oxygen atoms in total. The number of amides is 1. The Morgan fingerprint density at radius 1 is 1.00 bits per heavy atom. The number of hydrogen-bond acceptors (Lipinski definition) is 5. The summed E-state index contributed by atoms with van der Waals surface area (Å²) in [6.45, 7) is 2.07. The lowest BCUT2D eigenvalue weighted by molar-refractivity contribution is 0.102. The predicted octanol–water partition coefficient (Wildman–Crippen LogP) is 5.51. The molecule has 0 unspecified atom stereocenters. The maximum absolute atomic E-state index is 12.9. The van der Waals surface area contributed by atoms with Gasteiger partial charge in [-0.3, -0.25) is 9.52 Å². The van der Waals surface area contributed by atoms with Gasteiger partial charge in [0.25, 0.3) is 21.7 Å². The number of carbonyl (C=O) groups is 1. The highest BCUT2D eigenvalue weighted by molar-refractivity contribution is 7.99. The van der Waals surface area contributed by atoms with Crippen LogP contribution in [0.2, 0.25) is 0 Å². The molecule has 0 aliphatic rings. The second kappa shape index (κ2) is 10.8. The van der Waals surface area contributed by atoms with Crippen LogP contribution in [0.4, 0.5) is 20.2 Å². The van der Waals surface area contributed by atoms with E-state index in [1.807, 2.05) is 0 Å². The largest absolute Gasteiger partial charge is 0.380 e. The summed E-state index contributed by atoms with van der Waals surface area (Å²) in [7, 11) is -2.40. The van der Waals surface area contributed by atoms with E-state index in [2.05, 4.69) is 10.0 Å². The molecule has 3 aromatic carbocycles. The Balaban J connectivity index is 1.76. The minimum absolute atomic E-state index is 0.0122. The summed E-state index contributed by atoms with van der Waals surface area (Å²) in [4.78, 5) is 12.9. The first-order valence-electron chi connectivity index (χ1n) is 9.75. The highest BCUT2D eigenvalue weighted by Crippen LogP contribution is 2.28. The van der Waals surface area contributed by atoms with E-state index in [-0.39, 0.29) is 16.5 Å². The number of sulfonamides is 1. The number of aryl methyl sites for hydroxylation is 1. The molecule has 0 heterocycles. The first-order valence-corrected chi connectivity index (χ1v) is 12.1. The third-order valence-electron chi connectivity index (χ3n) is 4.59. The zero-order valence-electron chi connectivity index (χ0n) is 17.8. The number of hydrogen-bond donors (Lipinski definition) is 2. The first-order chi connectivity index (χ1) is 15.7. The monoisotopic (exact) mass is 492 g/mol. The molecule has 0 aliphatic carbocycles. The zero-order valence-corrected chi connectivity index (χ0v) is 19.5. The number of rotatable bonds is 9. The fourth-order valence-corrected chi connectivity index (χ4v) is 4.83. The van der Waals surface area contributed by atoms with Crippen LogP contribution in [-0.2, 0) is 21.4 Å². The highest BCUT2D eigenvalue weighted by Gasteiger charge is 2.19. The molecular formula is C23H22F2N2O4S2. The second-order valence-electron chi connectivity index (χ2n) is 7.07. The maximum Gasteiger partial charge on any atom is 0.288 e. The van der Waals surface area contributed by atoms with E-state index in [9.17, 15) is 22.0 Å². The number of halogens is 2. The molecule has 10 heteroatoms. The average molecular weight is 493 g/mol. The van der Waals surface area contributed by atoms with Gasteiger partial charge in [-0.15, -0.1) is 0 Å². The lowest BCUT2D eigenvalue weighted by atomic mass is 10.1. The Morgan fingerprint density at radius 3 is 2.24 bits per heavy atom.